The van der Waals surface area contributed by atoms with E-state index in [0.29, 0.717) is 12.5 Å². The summed E-state index contributed by atoms with van der Waals surface area (Å²) in [5.41, 5.74) is 9.84. The van der Waals surface area contributed by atoms with Crippen LogP contribution in [0.5, 0.6) is 0 Å². The highest BCUT2D eigenvalue weighted by Crippen LogP contribution is 2.34. The van der Waals surface area contributed by atoms with E-state index in [9.17, 15) is 0 Å². The van der Waals surface area contributed by atoms with E-state index in [4.69, 9.17) is 15.5 Å². The van der Waals surface area contributed by atoms with E-state index in [1.807, 2.05) is 43.4 Å². The largest absolute Gasteiger partial charge is 0.375 e. The smallest absolute Gasteiger partial charge is 0.225 e. The predicted molar refractivity (Wildman–Crippen MR) is 126 cm³/mol. The van der Waals surface area contributed by atoms with Crippen molar-refractivity contribution in [3.63, 3.8) is 0 Å². The van der Waals surface area contributed by atoms with Crippen LogP contribution in [0.1, 0.15) is 30.0 Å². The van der Waals surface area contributed by atoms with Crippen LogP contribution < -0.4 is 10.6 Å². The van der Waals surface area contributed by atoms with E-state index < -0.39 is 0 Å². The van der Waals surface area contributed by atoms with Crippen LogP contribution in [0.3, 0.4) is 0 Å². The van der Waals surface area contributed by atoms with Crippen LogP contribution in [0.25, 0.3) is 11.1 Å². The third-order valence-corrected chi connectivity index (χ3v) is 5.83. The van der Waals surface area contributed by atoms with Gasteiger partial charge in [0.15, 0.2) is 0 Å². The molecule has 8 nitrogen and oxygen atoms in total. The molecule has 4 rings (SSSR count). The molecule has 3 aromatic rings. The highest BCUT2D eigenvalue weighted by molar-refractivity contribution is 5.65. The molecule has 1 aliphatic heterocycles. The van der Waals surface area contributed by atoms with Crippen molar-refractivity contribution >= 4 is 11.9 Å². The van der Waals surface area contributed by atoms with Gasteiger partial charge in [0.1, 0.15) is 0 Å². The summed E-state index contributed by atoms with van der Waals surface area (Å²) in [5, 5.41) is 0. The Labute approximate surface area is 189 Å². The van der Waals surface area contributed by atoms with Gasteiger partial charge in [0.05, 0.1) is 18.9 Å². The van der Waals surface area contributed by atoms with E-state index >= 15 is 0 Å². The summed E-state index contributed by atoms with van der Waals surface area (Å²) in [7, 11) is 3.92. The second-order valence-corrected chi connectivity index (χ2v) is 8.35. The molecule has 1 aliphatic rings. The lowest BCUT2D eigenvalue weighted by Gasteiger charge is -2.32. The van der Waals surface area contributed by atoms with Crippen LogP contribution in [0, 0.1) is 0 Å². The number of aromatic nitrogens is 4. The maximum absolute atomic E-state index is 5.87. The number of nitrogens with zero attached hydrogens (tertiary/aromatic N) is 6. The van der Waals surface area contributed by atoms with E-state index in [1.54, 1.807) is 12.4 Å². The van der Waals surface area contributed by atoms with Crippen LogP contribution in [0.15, 0.2) is 48.9 Å². The molecule has 0 bridgehead atoms. The van der Waals surface area contributed by atoms with E-state index in [1.165, 1.54) is 5.56 Å². The maximum atomic E-state index is 5.87. The lowest BCUT2D eigenvalue weighted by Crippen LogP contribution is -2.35. The first-order valence-electron chi connectivity index (χ1n) is 11.1. The minimum absolute atomic E-state index is 0.268. The Morgan fingerprint density at radius 1 is 1.03 bits per heavy atom. The Balaban J connectivity index is 1.37. The van der Waals surface area contributed by atoms with E-state index in [-0.39, 0.29) is 5.95 Å². The van der Waals surface area contributed by atoms with E-state index in [0.717, 1.165) is 61.9 Å². The quantitative estimate of drug-likeness (QED) is 0.542. The van der Waals surface area contributed by atoms with Gasteiger partial charge in [-0.2, -0.15) is 0 Å². The molecule has 0 spiro atoms. The number of hydrogen-bond donors (Lipinski definition) is 1. The van der Waals surface area contributed by atoms with Crippen LogP contribution in [-0.4, -0.2) is 65.2 Å². The fourth-order valence-electron chi connectivity index (χ4n) is 4.00. The summed E-state index contributed by atoms with van der Waals surface area (Å²) < 4.78 is 5.87. The molecule has 32 heavy (non-hydrogen) atoms. The molecule has 1 fully saturated rings. The van der Waals surface area contributed by atoms with Crippen molar-refractivity contribution in [3.05, 3.63) is 60.2 Å². The monoisotopic (exact) mass is 433 g/mol. The zero-order valence-electron chi connectivity index (χ0n) is 18.8. The molecular weight excluding hydrogens is 402 g/mol. The number of nitrogen functional groups attached to an aromatic ring is 1. The standard InChI is InChI=1S/C24H31N7O/c1-30(2)24-28-16-21(20-14-26-23(25)27-15-20)22(29-24)19-8-10-31(11-9-19)12-13-32-17-18-6-4-3-5-7-18/h3-7,14-16,19H,8-13,17H2,1-2H3,(H2,25,26,27). The van der Waals surface area contributed by atoms with Crippen LogP contribution in [0.2, 0.25) is 0 Å². The van der Waals surface area contributed by atoms with Crippen molar-refractivity contribution in [2.24, 2.45) is 0 Å². The minimum atomic E-state index is 0.268. The highest BCUT2D eigenvalue weighted by atomic mass is 16.5. The van der Waals surface area contributed by atoms with Crippen molar-refractivity contribution < 1.29 is 4.74 Å². The average Bonchev–Trinajstić information content (AvgIpc) is 2.83. The van der Waals surface area contributed by atoms with Gasteiger partial charge in [0.25, 0.3) is 0 Å². The first kappa shape index (κ1) is 22.1. The number of piperidine rings is 1. The van der Waals surface area contributed by atoms with Crippen molar-refractivity contribution in [1.82, 2.24) is 24.8 Å². The van der Waals surface area contributed by atoms with Crippen molar-refractivity contribution in [2.75, 3.05) is 51.0 Å². The molecule has 0 amide bonds. The molecule has 168 valence electrons. The highest BCUT2D eigenvalue weighted by Gasteiger charge is 2.25. The molecule has 0 atom stereocenters. The Hall–Kier alpha value is -3.10. The number of hydrogen-bond acceptors (Lipinski definition) is 8. The Morgan fingerprint density at radius 2 is 1.75 bits per heavy atom. The summed E-state index contributed by atoms with van der Waals surface area (Å²) in [6.07, 6.45) is 7.48. The molecule has 2 aromatic heterocycles. The van der Waals surface area contributed by atoms with Crippen molar-refractivity contribution in [2.45, 2.75) is 25.4 Å². The van der Waals surface area contributed by atoms with Gasteiger partial charge < -0.3 is 20.3 Å². The van der Waals surface area contributed by atoms with Crippen molar-refractivity contribution in [1.29, 1.82) is 0 Å². The number of likely N-dealkylation sites (tertiary alicyclic amines) is 1. The molecular formula is C24H31N7O. The van der Waals surface area contributed by atoms with Gasteiger partial charge in [0.2, 0.25) is 11.9 Å². The number of benzene rings is 1. The number of anilines is 2. The Bertz CT molecular complexity index is 987. The van der Waals surface area contributed by atoms with Crippen molar-refractivity contribution in [3.8, 4) is 11.1 Å². The van der Waals surface area contributed by atoms with Gasteiger partial charge in [-0.05, 0) is 31.5 Å². The molecule has 3 heterocycles. The normalized spacial score (nSPS) is 15.1. The molecule has 0 saturated carbocycles. The summed E-state index contributed by atoms with van der Waals surface area (Å²) in [6, 6.07) is 10.3. The predicted octanol–water partition coefficient (Wildman–Crippen LogP) is 2.98. The van der Waals surface area contributed by atoms with Gasteiger partial charge in [-0.15, -0.1) is 0 Å². The van der Waals surface area contributed by atoms with Gasteiger partial charge in [-0.25, -0.2) is 19.9 Å². The molecule has 1 saturated heterocycles. The second kappa shape index (κ2) is 10.5. The third kappa shape index (κ3) is 5.57. The second-order valence-electron chi connectivity index (χ2n) is 8.35. The SMILES string of the molecule is CN(C)c1ncc(-c2cnc(N)nc2)c(C2CCN(CCOCc3ccccc3)CC2)n1. The number of ether oxygens (including phenoxy) is 1. The van der Waals surface area contributed by atoms with Crippen LogP contribution in [0.4, 0.5) is 11.9 Å². The summed E-state index contributed by atoms with van der Waals surface area (Å²) in [5.74, 6) is 1.35. The minimum Gasteiger partial charge on any atom is -0.375 e. The molecule has 2 N–H and O–H groups in total. The van der Waals surface area contributed by atoms with Gasteiger partial charge in [0, 0.05) is 56.3 Å². The van der Waals surface area contributed by atoms with Gasteiger partial charge >= 0.3 is 0 Å². The zero-order chi connectivity index (χ0) is 22.3. The molecule has 8 heteroatoms. The number of rotatable bonds is 8. The molecule has 0 radical (unpaired) electrons. The summed E-state index contributed by atoms with van der Waals surface area (Å²) in [6.45, 7) is 4.41. The first-order valence-corrected chi connectivity index (χ1v) is 11.1. The van der Waals surface area contributed by atoms with E-state index in [2.05, 4.69) is 32.0 Å². The fourth-order valence-corrected chi connectivity index (χ4v) is 4.00. The maximum Gasteiger partial charge on any atom is 0.225 e. The van der Waals surface area contributed by atoms with Crippen LogP contribution in [-0.2, 0) is 11.3 Å². The summed E-state index contributed by atoms with van der Waals surface area (Å²) in [4.78, 5) is 22.2. The van der Waals surface area contributed by atoms with Gasteiger partial charge in [-0.3, -0.25) is 0 Å². The Kier molecular flexibility index (Phi) is 7.24. The number of nitrogens with two attached hydrogens (primary N) is 1. The topological polar surface area (TPSA) is 93.3 Å². The average molecular weight is 434 g/mol. The lowest BCUT2D eigenvalue weighted by atomic mass is 9.89. The molecule has 1 aromatic carbocycles. The molecule has 0 aliphatic carbocycles. The Morgan fingerprint density at radius 3 is 2.44 bits per heavy atom. The fraction of sp³-hybridized carbons (Fsp3) is 0.417. The van der Waals surface area contributed by atoms with Gasteiger partial charge in [-0.1, -0.05) is 30.3 Å². The summed E-state index contributed by atoms with van der Waals surface area (Å²) >= 11 is 0. The third-order valence-electron chi connectivity index (χ3n) is 5.83. The zero-order valence-corrected chi connectivity index (χ0v) is 18.8. The first-order chi connectivity index (χ1) is 15.6. The molecule has 0 unspecified atom stereocenters. The lowest BCUT2D eigenvalue weighted by molar-refractivity contribution is 0.0838. The van der Waals surface area contributed by atoms with Crippen LogP contribution >= 0.6 is 0 Å².